The molecule has 0 unspecified atom stereocenters. The summed E-state index contributed by atoms with van der Waals surface area (Å²) >= 11 is 0. The van der Waals surface area contributed by atoms with Crippen molar-refractivity contribution in [1.29, 1.82) is 0 Å². The molecule has 1 aromatic heterocycles. The minimum Gasteiger partial charge on any atom is -0.299 e. The molecule has 0 amide bonds. The van der Waals surface area contributed by atoms with Gasteiger partial charge in [-0.25, -0.2) is 22.2 Å². The second kappa shape index (κ2) is 7.01. The van der Waals surface area contributed by atoms with Crippen LogP contribution in [0.3, 0.4) is 0 Å². The van der Waals surface area contributed by atoms with Gasteiger partial charge in [-0.05, 0) is 36.4 Å². The van der Waals surface area contributed by atoms with Crippen molar-refractivity contribution >= 4 is 9.84 Å². The lowest BCUT2D eigenvalue weighted by molar-refractivity contribution is -0.140. The molecule has 4 nitrogen and oxygen atoms in total. The maximum absolute atomic E-state index is 13.1. The van der Waals surface area contributed by atoms with Crippen molar-refractivity contribution < 1.29 is 30.4 Å². The fourth-order valence-electron chi connectivity index (χ4n) is 2.55. The molecule has 0 N–H and O–H groups in total. The molecule has 1 heterocycles. The highest BCUT2D eigenvalue weighted by atomic mass is 32.2. The third kappa shape index (κ3) is 4.06. The largest absolute Gasteiger partial charge is 0.434 e. The molecule has 0 saturated carbocycles. The Morgan fingerprint density at radius 2 is 1.54 bits per heavy atom. The molecule has 0 radical (unpaired) electrons. The van der Waals surface area contributed by atoms with Gasteiger partial charge in [-0.1, -0.05) is 12.1 Å². The first-order valence-corrected chi connectivity index (χ1v) is 9.71. The van der Waals surface area contributed by atoms with Crippen molar-refractivity contribution in [2.45, 2.75) is 17.5 Å². The fourth-order valence-corrected chi connectivity index (χ4v) is 3.18. The number of halogens is 5. The summed E-state index contributed by atoms with van der Waals surface area (Å²) in [5.41, 5.74) is -0.984. The molecule has 3 rings (SSSR count). The second-order valence-electron chi connectivity index (χ2n) is 6.01. The van der Waals surface area contributed by atoms with Crippen molar-refractivity contribution in [3.63, 3.8) is 0 Å². The molecule has 0 aliphatic rings. The molecule has 0 fully saturated rings. The van der Waals surface area contributed by atoms with Crippen molar-refractivity contribution in [3.8, 4) is 17.1 Å². The first-order valence-electron chi connectivity index (χ1n) is 7.82. The van der Waals surface area contributed by atoms with E-state index in [-0.39, 0.29) is 27.5 Å². The molecular weight excluding hydrogens is 403 g/mol. The van der Waals surface area contributed by atoms with E-state index in [4.69, 9.17) is 0 Å². The van der Waals surface area contributed by atoms with Crippen LogP contribution in [0.5, 0.6) is 0 Å². The van der Waals surface area contributed by atoms with Crippen LogP contribution in [-0.4, -0.2) is 24.2 Å². The van der Waals surface area contributed by atoms with E-state index >= 15 is 0 Å². The molecule has 0 aliphatic heterocycles. The summed E-state index contributed by atoms with van der Waals surface area (Å²) in [5.74, 6) is -0.0998. The Labute approximate surface area is 157 Å². The van der Waals surface area contributed by atoms with Crippen LogP contribution >= 0.6 is 0 Å². The highest BCUT2D eigenvalue weighted by molar-refractivity contribution is 7.90. The molecule has 148 valence electrons. The van der Waals surface area contributed by atoms with Gasteiger partial charge in [-0.3, -0.25) is 4.57 Å². The first kappa shape index (κ1) is 20.0. The van der Waals surface area contributed by atoms with Gasteiger partial charge < -0.3 is 0 Å². The monoisotopic (exact) mass is 416 g/mol. The summed E-state index contributed by atoms with van der Waals surface area (Å²) in [6.45, 7) is 0. The highest BCUT2D eigenvalue weighted by Gasteiger charge is 2.35. The highest BCUT2D eigenvalue weighted by Crippen LogP contribution is 2.33. The average molecular weight is 416 g/mol. The lowest BCUT2D eigenvalue weighted by Crippen LogP contribution is -2.05. The Bertz CT molecular complexity index is 1090. The lowest BCUT2D eigenvalue weighted by atomic mass is 10.2. The zero-order valence-electron chi connectivity index (χ0n) is 14.3. The van der Waals surface area contributed by atoms with Gasteiger partial charge in [0.05, 0.1) is 4.90 Å². The zero-order chi connectivity index (χ0) is 20.7. The van der Waals surface area contributed by atoms with Gasteiger partial charge in [0.1, 0.15) is 5.82 Å². The van der Waals surface area contributed by atoms with Crippen LogP contribution in [-0.2, 0) is 16.0 Å². The van der Waals surface area contributed by atoms with Crippen LogP contribution in [0.15, 0.2) is 59.6 Å². The predicted molar refractivity (Wildman–Crippen MR) is 92.1 cm³/mol. The molecule has 0 aliphatic carbocycles. The molecular formula is C18H13F5N2O2S. The van der Waals surface area contributed by atoms with Gasteiger partial charge in [0.25, 0.3) is 6.43 Å². The topological polar surface area (TPSA) is 52.0 Å². The van der Waals surface area contributed by atoms with E-state index in [0.29, 0.717) is 0 Å². The van der Waals surface area contributed by atoms with E-state index in [1.54, 1.807) is 0 Å². The second-order valence-corrected chi connectivity index (χ2v) is 8.02. The third-order valence-corrected chi connectivity index (χ3v) is 5.09. The minimum absolute atomic E-state index is 0.00619. The number of rotatable bonds is 4. The van der Waals surface area contributed by atoms with Gasteiger partial charge in [0.2, 0.25) is 0 Å². The minimum atomic E-state index is -4.71. The number of aromatic nitrogens is 2. The molecule has 2 aromatic carbocycles. The van der Waals surface area contributed by atoms with Crippen LogP contribution < -0.4 is 0 Å². The summed E-state index contributed by atoms with van der Waals surface area (Å²) < 4.78 is 89.1. The van der Waals surface area contributed by atoms with E-state index < -0.39 is 28.1 Å². The molecule has 0 atom stereocenters. The average Bonchev–Trinajstić information content (AvgIpc) is 3.07. The Hall–Kier alpha value is -2.75. The van der Waals surface area contributed by atoms with Gasteiger partial charge in [0, 0.05) is 29.3 Å². The van der Waals surface area contributed by atoms with Crippen molar-refractivity contribution in [2.24, 2.45) is 0 Å². The van der Waals surface area contributed by atoms with E-state index in [2.05, 4.69) is 4.98 Å². The van der Waals surface area contributed by atoms with E-state index in [9.17, 15) is 30.4 Å². The van der Waals surface area contributed by atoms with Crippen LogP contribution in [0, 0.1) is 0 Å². The predicted octanol–water partition coefficient (Wildman–Crippen LogP) is 4.90. The Morgan fingerprint density at radius 3 is 2.00 bits per heavy atom. The van der Waals surface area contributed by atoms with Crippen molar-refractivity contribution in [2.75, 3.05) is 6.26 Å². The number of hydrogen-bond acceptors (Lipinski definition) is 3. The first-order chi connectivity index (χ1) is 13.0. The summed E-state index contributed by atoms with van der Waals surface area (Å²) in [6, 6.07) is 9.95. The van der Waals surface area contributed by atoms with E-state index in [1.807, 2.05) is 0 Å². The summed E-state index contributed by atoms with van der Waals surface area (Å²) in [4.78, 5) is 3.62. The molecule has 0 spiro atoms. The molecule has 10 heteroatoms. The Morgan fingerprint density at radius 1 is 0.964 bits per heavy atom. The summed E-state index contributed by atoms with van der Waals surface area (Å²) in [6.07, 6.45) is -5.65. The smallest absolute Gasteiger partial charge is 0.299 e. The van der Waals surface area contributed by atoms with Crippen LogP contribution in [0.25, 0.3) is 17.1 Å². The molecule has 0 saturated heterocycles. The summed E-state index contributed by atoms with van der Waals surface area (Å²) in [7, 11) is -3.47. The number of alkyl halides is 5. The number of imidazole rings is 1. The number of benzene rings is 2. The molecule has 3 aromatic rings. The van der Waals surface area contributed by atoms with E-state index in [0.717, 1.165) is 29.2 Å². The van der Waals surface area contributed by atoms with Gasteiger partial charge >= 0.3 is 6.18 Å². The standard InChI is InChI=1S/C18H13F5N2O2S/c1-28(26,27)14-8-4-12(5-9-14)17-24-15(18(21,22)23)10-25(17)13-6-2-11(3-7-13)16(19)20/h2-10,16H,1H3. The third-order valence-electron chi connectivity index (χ3n) is 3.96. The van der Waals surface area contributed by atoms with Crippen LogP contribution in [0.4, 0.5) is 22.0 Å². The van der Waals surface area contributed by atoms with Gasteiger partial charge in [-0.2, -0.15) is 13.2 Å². The Balaban J connectivity index is 2.13. The molecule has 28 heavy (non-hydrogen) atoms. The van der Waals surface area contributed by atoms with Gasteiger partial charge in [-0.15, -0.1) is 0 Å². The van der Waals surface area contributed by atoms with Crippen LogP contribution in [0.1, 0.15) is 17.7 Å². The van der Waals surface area contributed by atoms with E-state index in [1.165, 1.54) is 36.4 Å². The quantitative estimate of drug-likeness (QED) is 0.569. The Kier molecular flexibility index (Phi) is 5.00. The maximum atomic E-state index is 13.1. The van der Waals surface area contributed by atoms with Crippen LogP contribution in [0.2, 0.25) is 0 Å². The number of sulfone groups is 1. The maximum Gasteiger partial charge on any atom is 0.434 e. The van der Waals surface area contributed by atoms with Gasteiger partial charge in [0.15, 0.2) is 15.5 Å². The molecule has 0 bridgehead atoms. The van der Waals surface area contributed by atoms with Crippen molar-refractivity contribution in [1.82, 2.24) is 9.55 Å². The summed E-state index contributed by atoms with van der Waals surface area (Å²) in [5, 5.41) is 0. The zero-order valence-corrected chi connectivity index (χ0v) is 15.1. The number of nitrogens with zero attached hydrogens (tertiary/aromatic N) is 2. The lowest BCUT2D eigenvalue weighted by Gasteiger charge is -2.09. The number of hydrogen-bond donors (Lipinski definition) is 0. The van der Waals surface area contributed by atoms with Crippen molar-refractivity contribution in [3.05, 3.63) is 66.0 Å². The fraction of sp³-hybridized carbons (Fsp3) is 0.167. The normalized spacial score (nSPS) is 12.5. The SMILES string of the molecule is CS(=O)(=O)c1ccc(-c2nc(C(F)(F)F)cn2-c2ccc(C(F)F)cc2)cc1.